The maximum atomic E-state index is 6.20. The Bertz CT molecular complexity index is 259. The molecule has 0 aromatic carbocycles. The van der Waals surface area contributed by atoms with Crippen LogP contribution in [0.4, 0.5) is 0 Å². The van der Waals surface area contributed by atoms with E-state index in [4.69, 9.17) is 5.73 Å². The summed E-state index contributed by atoms with van der Waals surface area (Å²) in [7, 11) is 2.25. The standard InChI is InChI=1S/C16H33N3/c1-15-12-18(2)10-7-11-19(15)14-16(13-17)8-5-3-4-6-9-16/h15H,3-14,17H2,1-2H3. The second-order valence-corrected chi connectivity index (χ2v) is 7.05. The molecule has 1 aliphatic carbocycles. The van der Waals surface area contributed by atoms with E-state index >= 15 is 0 Å². The average Bonchev–Trinajstić information content (AvgIpc) is 2.71. The molecule has 19 heavy (non-hydrogen) atoms. The highest BCUT2D eigenvalue weighted by atomic mass is 15.2. The zero-order chi connectivity index (χ0) is 13.7. The van der Waals surface area contributed by atoms with Crippen molar-refractivity contribution in [3.05, 3.63) is 0 Å². The highest BCUT2D eigenvalue weighted by Gasteiger charge is 2.33. The third kappa shape index (κ3) is 4.17. The Morgan fingerprint density at radius 2 is 1.74 bits per heavy atom. The van der Waals surface area contributed by atoms with E-state index in [9.17, 15) is 0 Å². The van der Waals surface area contributed by atoms with Gasteiger partial charge in [-0.25, -0.2) is 0 Å². The largest absolute Gasteiger partial charge is 0.330 e. The van der Waals surface area contributed by atoms with Crippen LogP contribution in [0.25, 0.3) is 0 Å². The fourth-order valence-corrected chi connectivity index (χ4v) is 3.99. The van der Waals surface area contributed by atoms with Crippen LogP contribution in [0.3, 0.4) is 0 Å². The molecule has 2 fully saturated rings. The van der Waals surface area contributed by atoms with E-state index in [2.05, 4.69) is 23.8 Å². The summed E-state index contributed by atoms with van der Waals surface area (Å²) in [6.45, 7) is 8.22. The van der Waals surface area contributed by atoms with Crippen molar-refractivity contribution in [2.45, 2.75) is 57.9 Å². The maximum Gasteiger partial charge on any atom is 0.0195 e. The van der Waals surface area contributed by atoms with Crippen molar-refractivity contribution in [3.8, 4) is 0 Å². The Balaban J connectivity index is 1.99. The van der Waals surface area contributed by atoms with Crippen LogP contribution in [0.1, 0.15) is 51.9 Å². The quantitative estimate of drug-likeness (QED) is 0.797. The fraction of sp³-hybridized carbons (Fsp3) is 1.00. The van der Waals surface area contributed by atoms with Gasteiger partial charge in [0.05, 0.1) is 0 Å². The van der Waals surface area contributed by atoms with Crippen LogP contribution in [-0.4, -0.2) is 55.6 Å². The van der Waals surface area contributed by atoms with Gasteiger partial charge in [-0.3, -0.25) is 4.90 Å². The van der Waals surface area contributed by atoms with Gasteiger partial charge >= 0.3 is 0 Å². The van der Waals surface area contributed by atoms with Crippen LogP contribution in [0.15, 0.2) is 0 Å². The first-order valence-corrected chi connectivity index (χ1v) is 8.28. The normalized spacial score (nSPS) is 30.8. The van der Waals surface area contributed by atoms with E-state index in [1.54, 1.807) is 0 Å². The minimum absolute atomic E-state index is 0.410. The van der Waals surface area contributed by atoms with Crippen molar-refractivity contribution in [2.75, 3.05) is 39.8 Å². The minimum atomic E-state index is 0.410. The molecule has 1 aliphatic heterocycles. The Hall–Kier alpha value is -0.120. The van der Waals surface area contributed by atoms with Crippen molar-refractivity contribution < 1.29 is 0 Å². The van der Waals surface area contributed by atoms with Crippen LogP contribution in [-0.2, 0) is 0 Å². The highest BCUT2D eigenvalue weighted by molar-refractivity contribution is 4.88. The summed E-state index contributed by atoms with van der Waals surface area (Å²) in [5.41, 5.74) is 6.61. The molecule has 0 bridgehead atoms. The van der Waals surface area contributed by atoms with Gasteiger partial charge in [-0.1, -0.05) is 25.7 Å². The molecule has 1 saturated carbocycles. The van der Waals surface area contributed by atoms with Crippen LogP contribution in [0.2, 0.25) is 0 Å². The van der Waals surface area contributed by atoms with E-state index in [1.807, 2.05) is 0 Å². The van der Waals surface area contributed by atoms with E-state index in [0.29, 0.717) is 11.5 Å². The number of rotatable bonds is 3. The van der Waals surface area contributed by atoms with Gasteiger partial charge in [0.2, 0.25) is 0 Å². The Morgan fingerprint density at radius 3 is 2.37 bits per heavy atom. The first-order chi connectivity index (χ1) is 9.15. The van der Waals surface area contributed by atoms with Crippen molar-refractivity contribution in [3.63, 3.8) is 0 Å². The molecule has 0 aromatic rings. The second kappa shape index (κ2) is 7.05. The molecule has 0 aromatic heterocycles. The molecule has 1 heterocycles. The number of hydrogen-bond acceptors (Lipinski definition) is 3. The van der Waals surface area contributed by atoms with Crippen LogP contribution in [0, 0.1) is 5.41 Å². The molecule has 0 spiro atoms. The Labute approximate surface area is 119 Å². The average molecular weight is 267 g/mol. The van der Waals surface area contributed by atoms with E-state index in [0.717, 1.165) is 6.54 Å². The first-order valence-electron chi connectivity index (χ1n) is 8.28. The van der Waals surface area contributed by atoms with Gasteiger partial charge in [-0.15, -0.1) is 0 Å². The summed E-state index contributed by atoms with van der Waals surface area (Å²) in [5.74, 6) is 0. The van der Waals surface area contributed by atoms with Gasteiger partial charge in [-0.2, -0.15) is 0 Å². The van der Waals surface area contributed by atoms with Gasteiger partial charge < -0.3 is 10.6 Å². The smallest absolute Gasteiger partial charge is 0.0195 e. The minimum Gasteiger partial charge on any atom is -0.330 e. The summed E-state index contributed by atoms with van der Waals surface area (Å²) in [6.07, 6.45) is 9.62. The highest BCUT2D eigenvalue weighted by Crippen LogP contribution is 2.35. The summed E-state index contributed by atoms with van der Waals surface area (Å²) in [6, 6.07) is 0.680. The second-order valence-electron chi connectivity index (χ2n) is 7.05. The molecule has 0 amide bonds. The predicted octanol–water partition coefficient (Wildman–Crippen LogP) is 2.31. The monoisotopic (exact) mass is 267 g/mol. The summed E-state index contributed by atoms with van der Waals surface area (Å²) in [4.78, 5) is 5.20. The molecule has 1 atom stereocenters. The lowest BCUT2D eigenvalue weighted by atomic mass is 9.79. The predicted molar refractivity (Wildman–Crippen MR) is 82.3 cm³/mol. The molecular weight excluding hydrogens is 234 g/mol. The molecule has 2 rings (SSSR count). The molecule has 2 N–H and O–H groups in total. The van der Waals surface area contributed by atoms with Gasteiger partial charge in [0, 0.05) is 19.1 Å². The van der Waals surface area contributed by atoms with Crippen molar-refractivity contribution in [1.29, 1.82) is 0 Å². The molecule has 112 valence electrons. The summed E-state index contributed by atoms with van der Waals surface area (Å²) in [5, 5.41) is 0. The van der Waals surface area contributed by atoms with Crippen LogP contribution < -0.4 is 5.73 Å². The molecule has 3 heteroatoms. The van der Waals surface area contributed by atoms with Gasteiger partial charge in [-0.05, 0) is 58.3 Å². The summed E-state index contributed by atoms with van der Waals surface area (Å²) >= 11 is 0. The number of likely N-dealkylation sites (N-methyl/N-ethyl adjacent to an activating group) is 1. The zero-order valence-electron chi connectivity index (χ0n) is 13.0. The third-order valence-electron chi connectivity index (χ3n) is 5.32. The number of nitrogens with two attached hydrogens (primary N) is 1. The van der Waals surface area contributed by atoms with Gasteiger partial charge in [0.25, 0.3) is 0 Å². The molecule has 3 nitrogen and oxygen atoms in total. The lowest BCUT2D eigenvalue weighted by molar-refractivity contribution is 0.106. The molecular formula is C16H33N3. The maximum absolute atomic E-state index is 6.20. The van der Waals surface area contributed by atoms with Gasteiger partial charge in [0.1, 0.15) is 0 Å². The van der Waals surface area contributed by atoms with Crippen LogP contribution in [0.5, 0.6) is 0 Å². The van der Waals surface area contributed by atoms with Crippen molar-refractivity contribution >= 4 is 0 Å². The molecule has 2 aliphatic rings. The lowest BCUT2D eigenvalue weighted by Gasteiger charge is -2.39. The topological polar surface area (TPSA) is 32.5 Å². The fourth-order valence-electron chi connectivity index (χ4n) is 3.99. The Kier molecular flexibility index (Phi) is 5.67. The van der Waals surface area contributed by atoms with Gasteiger partial charge in [0.15, 0.2) is 0 Å². The van der Waals surface area contributed by atoms with Crippen molar-refractivity contribution in [2.24, 2.45) is 11.1 Å². The SMILES string of the molecule is CC1CN(C)CCCN1CC1(CN)CCCCCC1. The molecule has 0 radical (unpaired) electrons. The number of hydrogen-bond donors (Lipinski definition) is 1. The molecule has 1 unspecified atom stereocenters. The van der Waals surface area contributed by atoms with E-state index in [1.165, 1.54) is 71.1 Å². The van der Waals surface area contributed by atoms with E-state index in [-0.39, 0.29) is 0 Å². The zero-order valence-corrected chi connectivity index (χ0v) is 13.0. The summed E-state index contributed by atoms with van der Waals surface area (Å²) < 4.78 is 0. The third-order valence-corrected chi connectivity index (χ3v) is 5.32. The lowest BCUT2D eigenvalue weighted by Crippen LogP contribution is -2.47. The Morgan fingerprint density at radius 1 is 1.05 bits per heavy atom. The van der Waals surface area contributed by atoms with Crippen LogP contribution >= 0.6 is 0 Å². The van der Waals surface area contributed by atoms with Crippen molar-refractivity contribution in [1.82, 2.24) is 9.80 Å². The first kappa shape index (κ1) is 15.3. The number of nitrogens with zero attached hydrogens (tertiary/aromatic N) is 2. The molecule has 1 saturated heterocycles. The van der Waals surface area contributed by atoms with E-state index < -0.39 is 0 Å².